The molecule has 1 N–H and O–H groups in total. The zero-order valence-corrected chi connectivity index (χ0v) is 7.70. The second kappa shape index (κ2) is 4.64. The van der Waals surface area contributed by atoms with Crippen LogP contribution in [0, 0.1) is 12.3 Å². The highest BCUT2D eigenvalue weighted by atomic mass is 16.3. The average molecular weight is 175 g/mol. The number of aliphatic hydroxyl groups excluding tert-OH is 1. The van der Waals surface area contributed by atoms with Crippen molar-refractivity contribution in [2.45, 2.75) is 25.9 Å². The highest BCUT2D eigenvalue weighted by Gasteiger charge is 2.10. The molecule has 0 saturated carbocycles. The summed E-state index contributed by atoms with van der Waals surface area (Å²) >= 11 is 0. The first-order valence-electron chi connectivity index (χ1n) is 4.35. The molecule has 0 amide bonds. The number of hydrogen-bond acceptors (Lipinski definition) is 2. The largest absolute Gasteiger partial charge is 0.386 e. The molecule has 0 spiro atoms. The van der Waals surface area contributed by atoms with Gasteiger partial charge in [-0.3, -0.25) is 4.98 Å². The lowest BCUT2D eigenvalue weighted by molar-refractivity contribution is 0.178. The number of nitrogens with zero attached hydrogens (tertiary/aromatic N) is 1. The van der Waals surface area contributed by atoms with Crippen molar-refractivity contribution < 1.29 is 5.11 Å². The fourth-order valence-corrected chi connectivity index (χ4v) is 1.26. The molecule has 1 unspecified atom stereocenters. The van der Waals surface area contributed by atoms with E-state index in [1.165, 1.54) is 0 Å². The molecule has 2 heteroatoms. The van der Waals surface area contributed by atoms with Crippen LogP contribution < -0.4 is 0 Å². The summed E-state index contributed by atoms with van der Waals surface area (Å²) in [6.07, 6.45) is 7.36. The maximum atomic E-state index is 9.63. The Bertz CT molecular complexity index is 314. The molecule has 13 heavy (non-hydrogen) atoms. The van der Waals surface area contributed by atoms with Crippen LogP contribution in [0.1, 0.15) is 30.7 Å². The van der Waals surface area contributed by atoms with Crippen molar-refractivity contribution >= 4 is 0 Å². The minimum atomic E-state index is -0.624. The summed E-state index contributed by atoms with van der Waals surface area (Å²) in [5.41, 5.74) is 1.77. The molecule has 0 aliphatic carbocycles. The summed E-state index contributed by atoms with van der Waals surface area (Å²) in [6, 6.07) is 3.83. The summed E-state index contributed by atoms with van der Waals surface area (Å²) in [7, 11) is 0. The molecule has 1 rings (SSSR count). The third kappa shape index (κ3) is 2.30. The molecule has 0 aromatic carbocycles. The number of pyridine rings is 1. The number of terminal acetylenes is 1. The smallest absolute Gasteiger partial charge is 0.107 e. The summed E-state index contributed by atoms with van der Waals surface area (Å²) < 4.78 is 0. The Morgan fingerprint density at radius 3 is 3.08 bits per heavy atom. The number of aliphatic hydroxyl groups is 1. The van der Waals surface area contributed by atoms with Gasteiger partial charge in [0.25, 0.3) is 0 Å². The van der Waals surface area contributed by atoms with Gasteiger partial charge in [0.2, 0.25) is 0 Å². The third-order valence-electron chi connectivity index (χ3n) is 1.93. The number of hydrogen-bond donors (Lipinski definition) is 1. The predicted molar refractivity (Wildman–Crippen MR) is 52.0 cm³/mol. The van der Waals surface area contributed by atoms with Gasteiger partial charge in [-0.1, -0.05) is 13.0 Å². The maximum Gasteiger partial charge on any atom is 0.107 e. The Kier molecular flexibility index (Phi) is 3.48. The van der Waals surface area contributed by atoms with Crippen molar-refractivity contribution in [1.82, 2.24) is 4.98 Å². The normalized spacial score (nSPS) is 12.1. The summed E-state index contributed by atoms with van der Waals surface area (Å²) in [6.45, 7) is 2.03. The first-order chi connectivity index (χ1) is 6.29. The van der Waals surface area contributed by atoms with Crippen LogP contribution in [0.2, 0.25) is 0 Å². The maximum absolute atomic E-state index is 9.63. The van der Waals surface area contributed by atoms with Crippen molar-refractivity contribution in [3.63, 3.8) is 0 Å². The highest BCUT2D eigenvalue weighted by molar-refractivity contribution is 5.22. The van der Waals surface area contributed by atoms with Crippen LogP contribution in [0.5, 0.6) is 0 Å². The van der Waals surface area contributed by atoms with Gasteiger partial charge in [-0.15, -0.1) is 12.3 Å². The summed E-state index contributed by atoms with van der Waals surface area (Å²) in [5, 5.41) is 9.63. The first kappa shape index (κ1) is 9.76. The van der Waals surface area contributed by atoms with Gasteiger partial charge in [0, 0.05) is 12.6 Å². The van der Waals surface area contributed by atoms with E-state index in [-0.39, 0.29) is 0 Å². The molecule has 1 heterocycles. The van der Waals surface area contributed by atoms with E-state index < -0.39 is 6.10 Å². The van der Waals surface area contributed by atoms with Gasteiger partial charge in [-0.25, -0.2) is 0 Å². The molecule has 0 saturated heterocycles. The van der Waals surface area contributed by atoms with Crippen molar-refractivity contribution in [2.75, 3.05) is 0 Å². The molecule has 0 aliphatic rings. The second-order valence-corrected chi connectivity index (χ2v) is 2.83. The Labute approximate surface area is 78.6 Å². The van der Waals surface area contributed by atoms with Crippen LogP contribution in [-0.2, 0) is 6.42 Å². The Hall–Kier alpha value is -1.33. The Balaban J connectivity index is 2.93. The van der Waals surface area contributed by atoms with Crippen LogP contribution >= 0.6 is 0 Å². The highest BCUT2D eigenvalue weighted by Crippen LogP contribution is 2.17. The number of aryl methyl sites for hydroxylation is 1. The Morgan fingerprint density at radius 2 is 2.46 bits per heavy atom. The van der Waals surface area contributed by atoms with Gasteiger partial charge >= 0.3 is 0 Å². The van der Waals surface area contributed by atoms with Crippen molar-refractivity contribution in [3.05, 3.63) is 29.6 Å². The van der Waals surface area contributed by atoms with Crippen molar-refractivity contribution in [2.24, 2.45) is 0 Å². The summed E-state index contributed by atoms with van der Waals surface area (Å²) in [4.78, 5) is 4.12. The average Bonchev–Trinajstić information content (AvgIpc) is 2.18. The SMILES string of the molecule is C#CCC(O)c1ncccc1CC. The fourth-order valence-electron chi connectivity index (χ4n) is 1.26. The molecule has 1 aromatic rings. The fraction of sp³-hybridized carbons (Fsp3) is 0.364. The van der Waals surface area contributed by atoms with E-state index in [0.29, 0.717) is 12.1 Å². The zero-order chi connectivity index (χ0) is 9.68. The first-order valence-corrected chi connectivity index (χ1v) is 4.35. The van der Waals surface area contributed by atoms with Gasteiger partial charge in [0.15, 0.2) is 0 Å². The monoisotopic (exact) mass is 175 g/mol. The molecule has 0 aliphatic heterocycles. The van der Waals surface area contributed by atoms with Crippen molar-refractivity contribution in [1.29, 1.82) is 0 Å². The van der Waals surface area contributed by atoms with Crippen LogP contribution in [0.25, 0.3) is 0 Å². The minimum absolute atomic E-state index is 0.323. The molecule has 2 nitrogen and oxygen atoms in total. The quantitative estimate of drug-likeness (QED) is 0.709. The molecule has 0 bridgehead atoms. The van der Waals surface area contributed by atoms with E-state index in [1.54, 1.807) is 6.20 Å². The standard InChI is InChI=1S/C11H13NO/c1-3-6-10(13)11-9(4-2)7-5-8-12-11/h1,5,7-8,10,13H,4,6H2,2H3. The van der Waals surface area contributed by atoms with E-state index in [2.05, 4.69) is 10.9 Å². The topological polar surface area (TPSA) is 33.1 Å². The van der Waals surface area contributed by atoms with E-state index in [1.807, 2.05) is 19.1 Å². The molecular formula is C11H13NO. The van der Waals surface area contributed by atoms with Crippen LogP contribution in [0.3, 0.4) is 0 Å². The molecule has 1 atom stereocenters. The lowest BCUT2D eigenvalue weighted by atomic mass is 10.1. The van der Waals surface area contributed by atoms with E-state index in [9.17, 15) is 5.11 Å². The van der Waals surface area contributed by atoms with Crippen LogP contribution in [0.4, 0.5) is 0 Å². The lowest BCUT2D eigenvalue weighted by Crippen LogP contribution is -2.03. The van der Waals surface area contributed by atoms with Crippen molar-refractivity contribution in [3.8, 4) is 12.3 Å². The number of rotatable bonds is 3. The van der Waals surface area contributed by atoms with Gasteiger partial charge in [-0.05, 0) is 18.1 Å². The molecule has 1 aromatic heterocycles. The lowest BCUT2D eigenvalue weighted by Gasteiger charge is -2.10. The predicted octanol–water partition coefficient (Wildman–Crippen LogP) is 1.70. The Morgan fingerprint density at radius 1 is 1.69 bits per heavy atom. The zero-order valence-electron chi connectivity index (χ0n) is 7.70. The van der Waals surface area contributed by atoms with Gasteiger partial charge in [-0.2, -0.15) is 0 Å². The molecule has 0 fully saturated rings. The molecule has 0 radical (unpaired) electrons. The number of aromatic nitrogens is 1. The van der Waals surface area contributed by atoms with Gasteiger partial charge in [0.05, 0.1) is 5.69 Å². The summed E-state index contributed by atoms with van der Waals surface area (Å²) in [5.74, 6) is 2.43. The van der Waals surface area contributed by atoms with E-state index in [0.717, 1.165) is 12.0 Å². The second-order valence-electron chi connectivity index (χ2n) is 2.83. The third-order valence-corrected chi connectivity index (χ3v) is 1.93. The van der Waals surface area contributed by atoms with Crippen LogP contribution in [-0.4, -0.2) is 10.1 Å². The minimum Gasteiger partial charge on any atom is -0.386 e. The van der Waals surface area contributed by atoms with Gasteiger partial charge in [0.1, 0.15) is 6.10 Å². The molecular weight excluding hydrogens is 162 g/mol. The van der Waals surface area contributed by atoms with Gasteiger partial charge < -0.3 is 5.11 Å². The molecule has 68 valence electrons. The van der Waals surface area contributed by atoms with Crippen LogP contribution in [0.15, 0.2) is 18.3 Å². The van der Waals surface area contributed by atoms with E-state index >= 15 is 0 Å². The van der Waals surface area contributed by atoms with E-state index in [4.69, 9.17) is 6.42 Å².